The zero-order valence-corrected chi connectivity index (χ0v) is 10.5. The van der Waals surface area contributed by atoms with Gasteiger partial charge in [-0.2, -0.15) is 0 Å². The molecular formula is C14H18N2O2. The molecule has 1 heterocycles. The highest BCUT2D eigenvalue weighted by Crippen LogP contribution is 2.03. The van der Waals surface area contributed by atoms with Crippen LogP contribution >= 0.6 is 0 Å². The summed E-state index contributed by atoms with van der Waals surface area (Å²) in [5, 5.41) is 9.85. The van der Waals surface area contributed by atoms with Crippen molar-refractivity contribution in [2.75, 3.05) is 6.61 Å². The Labute approximate surface area is 107 Å². The average molecular weight is 246 g/mol. The highest BCUT2D eigenvalue weighted by molar-refractivity contribution is 5.13. The van der Waals surface area contributed by atoms with Gasteiger partial charge in [0.05, 0.1) is 25.9 Å². The molecule has 1 N–H and O–H groups in total. The molecule has 0 spiro atoms. The van der Waals surface area contributed by atoms with Gasteiger partial charge in [0.15, 0.2) is 0 Å². The quantitative estimate of drug-likeness (QED) is 0.845. The molecule has 4 heteroatoms. The van der Waals surface area contributed by atoms with Gasteiger partial charge in [0.25, 0.3) is 0 Å². The molecular weight excluding hydrogens is 228 g/mol. The number of aromatic nitrogens is 2. The minimum absolute atomic E-state index is 0.326. The van der Waals surface area contributed by atoms with Gasteiger partial charge < -0.3 is 14.4 Å². The number of nitrogens with zero attached hydrogens (tertiary/aromatic N) is 2. The number of ether oxygens (including phenoxy) is 1. The first-order valence-electron chi connectivity index (χ1n) is 6.03. The van der Waals surface area contributed by atoms with Crippen LogP contribution in [0.15, 0.2) is 42.7 Å². The van der Waals surface area contributed by atoms with Gasteiger partial charge in [-0.25, -0.2) is 4.98 Å². The van der Waals surface area contributed by atoms with Crippen LogP contribution in [0.2, 0.25) is 0 Å². The Morgan fingerprint density at radius 3 is 2.78 bits per heavy atom. The molecule has 0 fully saturated rings. The van der Waals surface area contributed by atoms with E-state index >= 15 is 0 Å². The molecule has 1 aromatic heterocycles. The number of benzene rings is 1. The summed E-state index contributed by atoms with van der Waals surface area (Å²) in [7, 11) is 0. The van der Waals surface area contributed by atoms with Crippen molar-refractivity contribution in [3.8, 4) is 0 Å². The van der Waals surface area contributed by atoms with E-state index in [2.05, 4.69) is 4.98 Å². The molecule has 0 bridgehead atoms. The SMILES string of the molecule is Cc1nccn1CC(O)COCc1ccccc1. The molecule has 4 nitrogen and oxygen atoms in total. The van der Waals surface area contributed by atoms with Gasteiger partial charge in [-0.15, -0.1) is 0 Å². The van der Waals surface area contributed by atoms with Crippen LogP contribution in [0.1, 0.15) is 11.4 Å². The van der Waals surface area contributed by atoms with E-state index in [-0.39, 0.29) is 0 Å². The third-order valence-corrected chi connectivity index (χ3v) is 2.75. The van der Waals surface area contributed by atoms with Crippen LogP contribution in [0.4, 0.5) is 0 Å². The van der Waals surface area contributed by atoms with Gasteiger partial charge in [-0.3, -0.25) is 0 Å². The van der Waals surface area contributed by atoms with Crippen molar-refractivity contribution in [1.29, 1.82) is 0 Å². The maximum atomic E-state index is 9.85. The Balaban J connectivity index is 1.72. The van der Waals surface area contributed by atoms with Crippen molar-refractivity contribution in [1.82, 2.24) is 9.55 Å². The lowest BCUT2D eigenvalue weighted by Crippen LogP contribution is -2.22. The van der Waals surface area contributed by atoms with Gasteiger partial charge in [0.2, 0.25) is 0 Å². The summed E-state index contributed by atoms with van der Waals surface area (Å²) < 4.78 is 7.40. The van der Waals surface area contributed by atoms with E-state index in [0.717, 1.165) is 11.4 Å². The topological polar surface area (TPSA) is 47.3 Å². The summed E-state index contributed by atoms with van der Waals surface area (Å²) in [5.41, 5.74) is 1.11. The van der Waals surface area contributed by atoms with E-state index in [1.165, 1.54) is 0 Å². The fourth-order valence-electron chi connectivity index (χ4n) is 1.76. The fraction of sp³-hybridized carbons (Fsp3) is 0.357. The number of imidazole rings is 1. The van der Waals surface area contributed by atoms with Crippen molar-refractivity contribution in [3.63, 3.8) is 0 Å². The molecule has 0 amide bonds. The van der Waals surface area contributed by atoms with Crippen molar-refractivity contribution in [2.45, 2.75) is 26.2 Å². The Bertz CT molecular complexity index is 468. The normalized spacial score (nSPS) is 12.6. The highest BCUT2D eigenvalue weighted by atomic mass is 16.5. The summed E-state index contributed by atoms with van der Waals surface area (Å²) in [6.45, 7) is 3.28. The first kappa shape index (κ1) is 12.8. The maximum Gasteiger partial charge on any atom is 0.105 e. The first-order valence-corrected chi connectivity index (χ1v) is 6.03. The Morgan fingerprint density at radius 2 is 2.11 bits per heavy atom. The summed E-state index contributed by atoms with van der Waals surface area (Å²) in [6, 6.07) is 9.94. The number of aliphatic hydroxyl groups excluding tert-OH is 1. The third kappa shape index (κ3) is 3.68. The summed E-state index contributed by atoms with van der Waals surface area (Å²) >= 11 is 0. The predicted molar refractivity (Wildman–Crippen MR) is 69.1 cm³/mol. The monoisotopic (exact) mass is 246 g/mol. The predicted octanol–water partition coefficient (Wildman–Crippen LogP) is 1.77. The van der Waals surface area contributed by atoms with Gasteiger partial charge in [0.1, 0.15) is 5.82 Å². The number of aryl methyl sites for hydroxylation is 1. The number of rotatable bonds is 6. The van der Waals surface area contributed by atoms with Gasteiger partial charge in [0, 0.05) is 12.4 Å². The molecule has 2 aromatic rings. The molecule has 1 atom stereocenters. The summed E-state index contributed by atoms with van der Waals surface area (Å²) in [6.07, 6.45) is 3.07. The lowest BCUT2D eigenvalue weighted by atomic mass is 10.2. The zero-order valence-electron chi connectivity index (χ0n) is 10.5. The Morgan fingerprint density at radius 1 is 1.33 bits per heavy atom. The lowest BCUT2D eigenvalue weighted by molar-refractivity contribution is 0.0201. The van der Waals surface area contributed by atoms with Crippen LogP contribution in [0, 0.1) is 6.92 Å². The van der Waals surface area contributed by atoms with Crippen LogP contribution in [0.3, 0.4) is 0 Å². The molecule has 0 saturated carbocycles. The van der Waals surface area contributed by atoms with Crippen molar-refractivity contribution >= 4 is 0 Å². The minimum Gasteiger partial charge on any atom is -0.389 e. The van der Waals surface area contributed by atoms with Crippen LogP contribution < -0.4 is 0 Å². The van der Waals surface area contributed by atoms with Crippen LogP contribution in [0.25, 0.3) is 0 Å². The van der Waals surface area contributed by atoms with Gasteiger partial charge in [-0.1, -0.05) is 30.3 Å². The van der Waals surface area contributed by atoms with E-state index in [1.54, 1.807) is 6.20 Å². The molecule has 0 aliphatic heterocycles. The second kappa shape index (κ2) is 6.33. The number of hydrogen-bond acceptors (Lipinski definition) is 3. The second-order valence-corrected chi connectivity index (χ2v) is 4.28. The van der Waals surface area contributed by atoms with Crippen LogP contribution in [-0.2, 0) is 17.9 Å². The molecule has 1 aromatic carbocycles. The highest BCUT2D eigenvalue weighted by Gasteiger charge is 2.07. The van der Waals surface area contributed by atoms with Crippen molar-refractivity contribution < 1.29 is 9.84 Å². The van der Waals surface area contributed by atoms with Crippen LogP contribution in [0.5, 0.6) is 0 Å². The minimum atomic E-state index is -0.512. The molecule has 0 aliphatic carbocycles. The standard InChI is InChI=1S/C14H18N2O2/c1-12-15-7-8-16(12)9-14(17)11-18-10-13-5-3-2-4-6-13/h2-8,14,17H,9-11H2,1H3. The molecule has 18 heavy (non-hydrogen) atoms. The van der Waals surface area contributed by atoms with E-state index in [4.69, 9.17) is 4.74 Å². The van der Waals surface area contributed by atoms with E-state index in [0.29, 0.717) is 19.8 Å². The van der Waals surface area contributed by atoms with E-state index < -0.39 is 6.10 Å². The number of hydrogen-bond donors (Lipinski definition) is 1. The van der Waals surface area contributed by atoms with E-state index in [9.17, 15) is 5.11 Å². The van der Waals surface area contributed by atoms with Gasteiger partial charge in [-0.05, 0) is 12.5 Å². The molecule has 0 saturated heterocycles. The lowest BCUT2D eigenvalue weighted by Gasteiger charge is -2.13. The van der Waals surface area contributed by atoms with Crippen LogP contribution in [-0.4, -0.2) is 27.4 Å². The molecule has 0 radical (unpaired) electrons. The largest absolute Gasteiger partial charge is 0.389 e. The summed E-state index contributed by atoms with van der Waals surface area (Å²) in [4.78, 5) is 4.11. The smallest absolute Gasteiger partial charge is 0.105 e. The molecule has 96 valence electrons. The Kier molecular flexibility index (Phi) is 4.50. The Hall–Kier alpha value is -1.65. The van der Waals surface area contributed by atoms with Crippen molar-refractivity contribution in [3.05, 3.63) is 54.1 Å². The van der Waals surface area contributed by atoms with Crippen molar-refractivity contribution in [2.24, 2.45) is 0 Å². The maximum absolute atomic E-state index is 9.85. The third-order valence-electron chi connectivity index (χ3n) is 2.75. The second-order valence-electron chi connectivity index (χ2n) is 4.28. The first-order chi connectivity index (χ1) is 8.75. The zero-order chi connectivity index (χ0) is 12.8. The average Bonchev–Trinajstić information content (AvgIpc) is 2.76. The van der Waals surface area contributed by atoms with E-state index in [1.807, 2.05) is 48.0 Å². The fourth-order valence-corrected chi connectivity index (χ4v) is 1.76. The molecule has 2 rings (SSSR count). The molecule has 0 aliphatic rings. The summed E-state index contributed by atoms with van der Waals surface area (Å²) in [5.74, 6) is 0.900. The molecule has 1 unspecified atom stereocenters. The van der Waals surface area contributed by atoms with Gasteiger partial charge >= 0.3 is 0 Å². The number of aliphatic hydroxyl groups is 1.